The summed E-state index contributed by atoms with van der Waals surface area (Å²) in [5.74, 6) is 1.65. The Morgan fingerprint density at radius 3 is 2.23 bits per heavy atom. The van der Waals surface area contributed by atoms with Crippen LogP contribution in [0.4, 0.5) is 10.5 Å². The van der Waals surface area contributed by atoms with Crippen molar-refractivity contribution < 1.29 is 28.9 Å². The van der Waals surface area contributed by atoms with Crippen molar-refractivity contribution in [3.8, 4) is 17.2 Å². The van der Waals surface area contributed by atoms with Gasteiger partial charge in [-0.05, 0) is 79.8 Å². The number of carboxylic acid groups (broad SMARTS) is 1. The van der Waals surface area contributed by atoms with Crippen LogP contribution in [0.3, 0.4) is 0 Å². The number of urea groups is 1. The van der Waals surface area contributed by atoms with Gasteiger partial charge < -0.3 is 29.5 Å². The lowest BCUT2D eigenvalue weighted by molar-refractivity contribution is -0.149. The average Bonchev–Trinajstić information content (AvgIpc) is 3.48. The molecule has 0 aromatic heterocycles. The number of anilines is 1. The smallest absolute Gasteiger partial charge is 0.333 e. The van der Waals surface area contributed by atoms with Crippen molar-refractivity contribution in [3.05, 3.63) is 84.4 Å². The molecule has 1 aliphatic rings. The minimum Gasteiger partial charge on any atom is -0.492 e. The number of aliphatic carboxylic acids is 1. The van der Waals surface area contributed by atoms with Gasteiger partial charge in [0, 0.05) is 25.3 Å². The topological polar surface area (TPSA) is 97.3 Å². The van der Waals surface area contributed by atoms with Crippen molar-refractivity contribution >= 4 is 17.7 Å². The number of ether oxygens (including phenoxy) is 3. The number of rotatable bonds is 14. The van der Waals surface area contributed by atoms with E-state index < -0.39 is 12.1 Å². The van der Waals surface area contributed by atoms with Crippen LogP contribution >= 0.6 is 0 Å². The summed E-state index contributed by atoms with van der Waals surface area (Å²) in [6.07, 6.45) is 4.11. The Morgan fingerprint density at radius 1 is 0.925 bits per heavy atom. The van der Waals surface area contributed by atoms with Crippen molar-refractivity contribution in [3.63, 3.8) is 0 Å². The predicted octanol–water partition coefficient (Wildman–Crippen LogP) is 6.61. The highest BCUT2D eigenvalue weighted by Gasteiger charge is 2.22. The first-order valence-corrected chi connectivity index (χ1v) is 13.9. The van der Waals surface area contributed by atoms with Crippen LogP contribution in [0, 0.1) is 5.92 Å². The molecule has 0 aliphatic heterocycles. The average molecular weight is 547 g/mol. The monoisotopic (exact) mass is 546 g/mol. The second-order valence-corrected chi connectivity index (χ2v) is 9.94. The fourth-order valence-corrected chi connectivity index (χ4v) is 4.84. The standard InChI is InChI=1S/C32H38N2O6/c1-2-38-30(31(35)36)22-24-12-16-27(17-13-24)39-21-20-34(23-25-8-6-7-9-25)32(37)33-26-14-18-29(19-15-26)40-28-10-4-3-5-11-28/h3-5,10-19,25,30H,2,6-9,20-23H2,1H3,(H,33,37)(H,35,36). The number of carboxylic acids is 1. The first-order chi connectivity index (χ1) is 19.5. The third-order valence-electron chi connectivity index (χ3n) is 6.94. The third kappa shape index (κ3) is 9.02. The Bertz CT molecular complexity index is 1190. The van der Waals surface area contributed by atoms with E-state index in [-0.39, 0.29) is 12.5 Å². The molecule has 1 unspecified atom stereocenters. The van der Waals surface area contributed by atoms with E-state index in [9.17, 15) is 14.7 Å². The van der Waals surface area contributed by atoms with Gasteiger partial charge in [0.05, 0.1) is 6.54 Å². The van der Waals surface area contributed by atoms with Crippen molar-refractivity contribution in [2.24, 2.45) is 5.92 Å². The summed E-state index contributed by atoms with van der Waals surface area (Å²) in [5.41, 5.74) is 1.56. The predicted molar refractivity (Wildman–Crippen MR) is 154 cm³/mol. The molecular formula is C32H38N2O6. The number of amides is 2. The van der Waals surface area contributed by atoms with E-state index in [0.29, 0.717) is 49.4 Å². The number of hydrogen-bond donors (Lipinski definition) is 2. The summed E-state index contributed by atoms with van der Waals surface area (Å²) in [6, 6.07) is 24.1. The molecule has 1 aliphatic carbocycles. The molecule has 2 amide bonds. The van der Waals surface area contributed by atoms with Crippen LogP contribution in [0.5, 0.6) is 17.2 Å². The molecule has 1 fully saturated rings. The van der Waals surface area contributed by atoms with Crippen molar-refractivity contribution in [1.82, 2.24) is 4.90 Å². The van der Waals surface area contributed by atoms with E-state index in [0.717, 1.165) is 24.2 Å². The van der Waals surface area contributed by atoms with Crippen LogP contribution in [-0.2, 0) is 16.0 Å². The molecule has 1 atom stereocenters. The van der Waals surface area contributed by atoms with Gasteiger partial charge in [0.25, 0.3) is 0 Å². The summed E-state index contributed by atoms with van der Waals surface area (Å²) < 4.78 is 17.1. The molecule has 40 heavy (non-hydrogen) atoms. The van der Waals surface area contributed by atoms with Gasteiger partial charge in [-0.2, -0.15) is 0 Å². The summed E-state index contributed by atoms with van der Waals surface area (Å²) in [5, 5.41) is 12.3. The van der Waals surface area contributed by atoms with Gasteiger partial charge in [-0.25, -0.2) is 9.59 Å². The SMILES string of the molecule is CCOC(Cc1ccc(OCCN(CC2CCCC2)C(=O)Nc2ccc(Oc3ccccc3)cc2)cc1)C(=O)O. The van der Waals surface area contributed by atoms with Crippen molar-refractivity contribution in [2.45, 2.75) is 45.1 Å². The van der Waals surface area contributed by atoms with Crippen LogP contribution < -0.4 is 14.8 Å². The number of hydrogen-bond acceptors (Lipinski definition) is 5. The van der Waals surface area contributed by atoms with Crippen molar-refractivity contribution in [2.75, 3.05) is 31.6 Å². The fourth-order valence-electron chi connectivity index (χ4n) is 4.84. The van der Waals surface area contributed by atoms with Gasteiger partial charge in [0.15, 0.2) is 6.10 Å². The lowest BCUT2D eigenvalue weighted by Crippen LogP contribution is -2.40. The Hall–Kier alpha value is -4.04. The van der Waals surface area contributed by atoms with Gasteiger partial charge >= 0.3 is 12.0 Å². The zero-order valence-corrected chi connectivity index (χ0v) is 23.0. The van der Waals surface area contributed by atoms with Gasteiger partial charge in [-0.15, -0.1) is 0 Å². The molecule has 2 N–H and O–H groups in total. The molecule has 212 valence electrons. The fraction of sp³-hybridized carbons (Fsp3) is 0.375. The Balaban J connectivity index is 1.30. The molecule has 0 heterocycles. The molecule has 3 aromatic carbocycles. The highest BCUT2D eigenvalue weighted by atomic mass is 16.5. The maximum absolute atomic E-state index is 13.2. The highest BCUT2D eigenvalue weighted by Crippen LogP contribution is 2.26. The quantitative estimate of drug-likeness (QED) is 0.236. The number of para-hydroxylation sites is 1. The lowest BCUT2D eigenvalue weighted by atomic mass is 10.1. The molecule has 0 saturated heterocycles. The molecule has 8 heteroatoms. The van der Waals surface area contributed by atoms with E-state index >= 15 is 0 Å². The number of nitrogens with zero attached hydrogens (tertiary/aromatic N) is 1. The molecule has 0 spiro atoms. The van der Waals surface area contributed by atoms with E-state index in [4.69, 9.17) is 14.2 Å². The molecule has 0 bridgehead atoms. The van der Waals surface area contributed by atoms with Gasteiger partial charge in [-0.1, -0.05) is 43.2 Å². The van der Waals surface area contributed by atoms with Gasteiger partial charge in [0.1, 0.15) is 23.9 Å². The number of benzene rings is 3. The van der Waals surface area contributed by atoms with Crippen LogP contribution in [0.25, 0.3) is 0 Å². The lowest BCUT2D eigenvalue weighted by Gasteiger charge is -2.26. The van der Waals surface area contributed by atoms with Crippen LogP contribution in [0.2, 0.25) is 0 Å². The minimum atomic E-state index is -0.973. The summed E-state index contributed by atoms with van der Waals surface area (Å²) in [6.45, 7) is 3.61. The normalized spacial score (nSPS) is 13.9. The molecule has 8 nitrogen and oxygen atoms in total. The van der Waals surface area contributed by atoms with Crippen LogP contribution in [0.1, 0.15) is 38.2 Å². The summed E-state index contributed by atoms with van der Waals surface area (Å²) in [7, 11) is 0. The Labute approximate surface area is 235 Å². The molecule has 0 radical (unpaired) electrons. The van der Waals surface area contributed by atoms with Crippen molar-refractivity contribution in [1.29, 1.82) is 0 Å². The van der Waals surface area contributed by atoms with Crippen LogP contribution in [-0.4, -0.2) is 54.4 Å². The number of carbonyl (C=O) groups excluding carboxylic acids is 1. The largest absolute Gasteiger partial charge is 0.492 e. The number of nitrogens with one attached hydrogen (secondary N) is 1. The van der Waals surface area contributed by atoms with E-state index in [2.05, 4.69) is 5.32 Å². The van der Waals surface area contributed by atoms with E-state index in [1.165, 1.54) is 12.8 Å². The third-order valence-corrected chi connectivity index (χ3v) is 6.94. The Kier molecular flexibility index (Phi) is 10.8. The minimum absolute atomic E-state index is 0.154. The van der Waals surface area contributed by atoms with Gasteiger partial charge in [0.2, 0.25) is 0 Å². The summed E-state index contributed by atoms with van der Waals surface area (Å²) >= 11 is 0. The maximum atomic E-state index is 13.2. The zero-order valence-electron chi connectivity index (χ0n) is 23.0. The first-order valence-electron chi connectivity index (χ1n) is 13.9. The van der Waals surface area contributed by atoms with E-state index in [1.807, 2.05) is 83.8 Å². The molecule has 4 rings (SSSR count). The number of carbonyl (C=O) groups is 2. The molecule has 1 saturated carbocycles. The van der Waals surface area contributed by atoms with E-state index in [1.54, 1.807) is 6.92 Å². The second-order valence-electron chi connectivity index (χ2n) is 9.94. The maximum Gasteiger partial charge on any atom is 0.333 e. The Morgan fingerprint density at radius 2 is 1.57 bits per heavy atom. The van der Waals surface area contributed by atoms with Gasteiger partial charge in [-0.3, -0.25) is 0 Å². The summed E-state index contributed by atoms with van der Waals surface area (Å²) in [4.78, 5) is 26.4. The highest BCUT2D eigenvalue weighted by molar-refractivity contribution is 5.89. The molecular weight excluding hydrogens is 508 g/mol. The van der Waals surface area contributed by atoms with Crippen LogP contribution in [0.15, 0.2) is 78.9 Å². The first kappa shape index (κ1) is 29.0. The zero-order chi connectivity index (χ0) is 28.2. The second kappa shape index (κ2) is 14.9. The molecule has 3 aromatic rings.